The van der Waals surface area contributed by atoms with Crippen LogP contribution in [0.1, 0.15) is 68.6 Å². The van der Waals surface area contributed by atoms with Gasteiger partial charge in [0.05, 0.1) is 45.7 Å². The minimum atomic E-state index is -3.18. The molecule has 422 valence electrons. The monoisotopic (exact) mass is 1070 g/mol. The molecule has 0 saturated carbocycles. The summed E-state index contributed by atoms with van der Waals surface area (Å²) < 4.78 is 52.2. The molecule has 1 aromatic rings. The third-order valence-corrected chi connectivity index (χ3v) is 12.9. The summed E-state index contributed by atoms with van der Waals surface area (Å²) >= 11 is 0. The van der Waals surface area contributed by atoms with Crippen molar-refractivity contribution in [1.82, 2.24) is 10.6 Å². The van der Waals surface area contributed by atoms with Gasteiger partial charge in [-0.25, -0.2) is 4.79 Å². The van der Waals surface area contributed by atoms with Crippen LogP contribution in [0.5, 0.6) is 11.5 Å². The summed E-state index contributed by atoms with van der Waals surface area (Å²) in [5.74, 6) is -8.46. The molecule has 5 rings (SSSR count). The molecule has 4 saturated heterocycles. The fraction of sp³-hybridized carbons (Fsp3) is 0.778. The van der Waals surface area contributed by atoms with Crippen molar-refractivity contribution in [2.45, 2.75) is 180 Å². The van der Waals surface area contributed by atoms with Crippen molar-refractivity contribution in [3.63, 3.8) is 0 Å². The van der Waals surface area contributed by atoms with Gasteiger partial charge in [0.15, 0.2) is 18.9 Å². The molecule has 4 aliphatic heterocycles. The first-order valence-corrected chi connectivity index (χ1v) is 24.0. The fourth-order valence-electron chi connectivity index (χ4n) is 9.00. The maximum atomic E-state index is 14.0. The standard InChI is InChI=1S/C45H70N2O27/c1-19(51)46-29-23(54)14-45(44(64)65,73-37(29)32(59)24(55)15-48)74-39-33(60)26(16-49)69-43(35(39)62)71-36-27(17-50)70-41(67-10-8-6-4-3-5-7-9-28(57)66-2)30(47-40(63)20-11-21(52)13-22(53)12-20)38(36)72-42-34(61)31(58)25(56)18-68-42/h11-13,23-27,29-39,41-43,48-50,52-56,58-62H,3-10,14-18H2,1-2H3,(H,46,51)(H,47,63)(H,64,65)/t23?,24?,25-,26?,27?,29+,30?,31?,32?,33+,34?,35?,36-,37?,38?,39?,41+,42-,43?,45-/m0/s1. The zero-order valence-corrected chi connectivity index (χ0v) is 40.5. The number of hydrogen-bond donors (Lipinski definition) is 16. The van der Waals surface area contributed by atoms with Gasteiger partial charge < -0.3 is 125 Å². The van der Waals surface area contributed by atoms with Crippen LogP contribution in [0.4, 0.5) is 0 Å². The minimum Gasteiger partial charge on any atom is -0.508 e. The lowest BCUT2D eigenvalue weighted by Crippen LogP contribution is -2.71. The van der Waals surface area contributed by atoms with Crippen LogP contribution in [0.3, 0.4) is 0 Å². The number of esters is 1. The number of ether oxygens (including phenoxy) is 9. The normalized spacial score (nSPS) is 36.3. The molecule has 16 N–H and O–H groups in total. The van der Waals surface area contributed by atoms with Crippen LogP contribution < -0.4 is 10.6 Å². The molecule has 0 spiro atoms. The van der Waals surface area contributed by atoms with E-state index in [4.69, 9.17) is 37.9 Å². The highest BCUT2D eigenvalue weighted by atomic mass is 16.8. The van der Waals surface area contributed by atoms with Gasteiger partial charge in [0, 0.05) is 38.0 Å². The Morgan fingerprint density at radius 2 is 1.35 bits per heavy atom. The molecule has 4 heterocycles. The third kappa shape index (κ3) is 15.1. The molecule has 4 aliphatic rings. The first-order valence-electron chi connectivity index (χ1n) is 24.0. The Morgan fingerprint density at radius 1 is 0.730 bits per heavy atom. The lowest BCUT2D eigenvalue weighted by Gasteiger charge is -2.51. The number of aliphatic hydroxyl groups excluding tert-OH is 11. The second-order valence-electron chi connectivity index (χ2n) is 18.4. The van der Waals surface area contributed by atoms with Crippen molar-refractivity contribution >= 4 is 23.8 Å². The molecule has 0 radical (unpaired) electrons. The van der Waals surface area contributed by atoms with Crippen LogP contribution in [0.25, 0.3) is 0 Å². The molecular weight excluding hydrogens is 1000 g/mol. The third-order valence-electron chi connectivity index (χ3n) is 12.9. The van der Waals surface area contributed by atoms with Crippen LogP contribution >= 0.6 is 0 Å². The van der Waals surface area contributed by atoms with E-state index in [0.717, 1.165) is 38.0 Å². The average molecular weight is 1070 g/mol. The topological polar surface area (TPSA) is 459 Å². The SMILES string of the molecule is COC(=O)CCCCCCCCO[C@@H]1OC(CO)[C@H](OC2OC(CO)[C@@H](O)C(O[C@]3(C(=O)O)CC(O)[C@@H](NC(C)=O)C(C(O)C(O)CO)O3)C2O)C(O[C@@H]2OC[C@H](O)C(O)C2O)C1NC(=O)c1cc(O)cc(O)c1. The van der Waals surface area contributed by atoms with Gasteiger partial charge in [-0.1, -0.05) is 25.7 Å². The van der Waals surface area contributed by atoms with Crippen molar-refractivity contribution in [1.29, 1.82) is 0 Å². The van der Waals surface area contributed by atoms with Crippen LogP contribution in [-0.2, 0) is 57.0 Å². The Bertz CT molecular complexity index is 1950. The van der Waals surface area contributed by atoms with E-state index >= 15 is 0 Å². The van der Waals surface area contributed by atoms with Crippen LogP contribution in [0.2, 0.25) is 0 Å². The van der Waals surface area contributed by atoms with E-state index in [1.165, 1.54) is 7.11 Å². The quantitative estimate of drug-likeness (QED) is 0.0320. The van der Waals surface area contributed by atoms with E-state index in [9.17, 15) is 90.7 Å². The molecule has 29 nitrogen and oxygen atoms in total. The number of carboxylic acids is 1. The molecule has 13 unspecified atom stereocenters. The molecule has 0 aliphatic carbocycles. The predicted octanol–water partition coefficient (Wildman–Crippen LogP) is -5.98. The number of aliphatic hydroxyl groups is 11. The summed E-state index contributed by atoms with van der Waals surface area (Å²) in [5, 5.41) is 155. The van der Waals surface area contributed by atoms with E-state index < -0.39 is 184 Å². The summed E-state index contributed by atoms with van der Waals surface area (Å²) in [5.41, 5.74) is -0.335. The summed E-state index contributed by atoms with van der Waals surface area (Å²) in [4.78, 5) is 50.7. The van der Waals surface area contributed by atoms with Gasteiger partial charge in [0.2, 0.25) is 5.91 Å². The van der Waals surface area contributed by atoms with Crippen molar-refractivity contribution in [2.24, 2.45) is 0 Å². The lowest BCUT2D eigenvalue weighted by atomic mass is 9.88. The van der Waals surface area contributed by atoms with Gasteiger partial charge in [0.1, 0.15) is 96.9 Å². The highest BCUT2D eigenvalue weighted by Crippen LogP contribution is 2.39. The van der Waals surface area contributed by atoms with E-state index in [0.29, 0.717) is 25.7 Å². The second-order valence-corrected chi connectivity index (χ2v) is 18.4. The van der Waals surface area contributed by atoms with Crippen LogP contribution in [-0.4, -0.2) is 258 Å². The summed E-state index contributed by atoms with van der Waals surface area (Å²) in [6, 6.07) is -0.420. The Balaban J connectivity index is 1.50. The molecule has 4 fully saturated rings. The number of amides is 2. The molecular formula is C45H70N2O27. The highest BCUT2D eigenvalue weighted by molar-refractivity contribution is 5.95. The largest absolute Gasteiger partial charge is 0.508 e. The van der Waals surface area contributed by atoms with Crippen LogP contribution in [0, 0.1) is 0 Å². The zero-order chi connectivity index (χ0) is 54.6. The zero-order valence-electron chi connectivity index (χ0n) is 40.5. The summed E-state index contributed by atoms with van der Waals surface area (Å²) in [6.45, 7) is -2.88. The number of unbranched alkanes of at least 4 members (excludes halogenated alkanes) is 5. The van der Waals surface area contributed by atoms with Crippen molar-refractivity contribution in [3.05, 3.63) is 23.8 Å². The number of phenolic OH excluding ortho intramolecular Hbond substituents is 2. The number of aliphatic carboxylic acids is 1. The number of carboxylic acid groups (broad SMARTS) is 1. The van der Waals surface area contributed by atoms with Crippen LogP contribution in [0.15, 0.2) is 18.2 Å². The number of phenols is 2. The number of methoxy groups -OCH3 is 1. The number of carbonyl (C=O) groups is 4. The maximum absolute atomic E-state index is 14.0. The Kier molecular flexibility index (Phi) is 22.9. The van der Waals surface area contributed by atoms with E-state index in [2.05, 4.69) is 15.4 Å². The van der Waals surface area contributed by atoms with Gasteiger partial charge in [-0.2, -0.15) is 0 Å². The van der Waals surface area contributed by atoms with Gasteiger partial charge in [-0.3, -0.25) is 14.4 Å². The first-order chi connectivity index (χ1) is 35.1. The Hall–Kier alpha value is -4.06. The van der Waals surface area contributed by atoms with Gasteiger partial charge in [0.25, 0.3) is 11.7 Å². The van der Waals surface area contributed by atoms with Gasteiger partial charge >= 0.3 is 11.9 Å². The molecule has 0 bridgehead atoms. The Labute approximate surface area is 423 Å². The number of aromatic hydroxyl groups is 2. The van der Waals surface area contributed by atoms with Gasteiger partial charge in [-0.15, -0.1) is 0 Å². The highest BCUT2D eigenvalue weighted by Gasteiger charge is 2.61. The maximum Gasteiger partial charge on any atom is 0.364 e. The number of hydrogen-bond acceptors (Lipinski definition) is 26. The van der Waals surface area contributed by atoms with E-state index in [1.54, 1.807) is 0 Å². The number of rotatable bonds is 25. The summed E-state index contributed by atoms with van der Waals surface area (Å²) in [6.07, 6.45) is -30.6. The summed E-state index contributed by atoms with van der Waals surface area (Å²) in [7, 11) is 1.30. The van der Waals surface area contributed by atoms with Crippen molar-refractivity contribution in [2.75, 3.05) is 40.1 Å². The molecule has 1 aromatic carbocycles. The molecule has 29 heteroatoms. The average Bonchev–Trinajstić information content (AvgIpc) is 3.36. The Morgan fingerprint density at radius 3 is 1.96 bits per heavy atom. The van der Waals surface area contributed by atoms with E-state index in [1.807, 2.05) is 0 Å². The second kappa shape index (κ2) is 27.8. The smallest absolute Gasteiger partial charge is 0.364 e. The fourth-order valence-corrected chi connectivity index (χ4v) is 9.00. The molecule has 0 aromatic heterocycles. The molecule has 74 heavy (non-hydrogen) atoms. The number of benzene rings is 1. The minimum absolute atomic E-state index is 0.0694. The molecule has 20 atom stereocenters. The predicted molar refractivity (Wildman–Crippen MR) is 240 cm³/mol. The van der Waals surface area contributed by atoms with E-state index in [-0.39, 0.29) is 24.6 Å². The number of nitrogens with one attached hydrogen (secondary N) is 2. The van der Waals surface area contributed by atoms with Crippen molar-refractivity contribution in [3.8, 4) is 11.5 Å². The van der Waals surface area contributed by atoms with Crippen molar-refractivity contribution < 1.29 is 133 Å². The number of carbonyl (C=O) groups excluding carboxylic acids is 3. The lowest BCUT2D eigenvalue weighted by molar-refractivity contribution is -0.389. The van der Waals surface area contributed by atoms with Gasteiger partial charge in [-0.05, 0) is 25.0 Å². The molecule has 2 amide bonds. The first kappa shape index (κ1) is 60.8.